The highest BCUT2D eigenvalue weighted by atomic mass is 19.1. The van der Waals surface area contributed by atoms with Crippen molar-refractivity contribution in [1.82, 2.24) is 0 Å². The van der Waals surface area contributed by atoms with Crippen molar-refractivity contribution in [3.63, 3.8) is 0 Å². The van der Waals surface area contributed by atoms with E-state index in [1.54, 1.807) is 20.8 Å². The minimum absolute atomic E-state index is 0.00795. The van der Waals surface area contributed by atoms with Crippen molar-refractivity contribution in [3.05, 3.63) is 29.6 Å². The Balaban J connectivity index is 2.61. The first-order chi connectivity index (χ1) is 9.20. The average Bonchev–Trinajstić information content (AvgIpc) is 2.25. The maximum absolute atomic E-state index is 13.4. The zero-order valence-electron chi connectivity index (χ0n) is 11.7. The van der Waals surface area contributed by atoms with Gasteiger partial charge in [0.25, 0.3) is 5.91 Å². The van der Waals surface area contributed by atoms with Crippen molar-refractivity contribution in [2.24, 2.45) is 5.73 Å². The quantitative estimate of drug-likeness (QED) is 0.839. The first-order valence-electron chi connectivity index (χ1n) is 6.13. The molecule has 110 valence electrons. The number of carbonyl (C=O) groups is 2. The van der Waals surface area contributed by atoms with Crippen LogP contribution in [0.1, 0.15) is 37.6 Å². The summed E-state index contributed by atoms with van der Waals surface area (Å²) < 4.78 is 23.8. The smallest absolute Gasteiger partial charge is 0.309 e. The van der Waals surface area contributed by atoms with Crippen LogP contribution >= 0.6 is 0 Å². The molecule has 0 saturated heterocycles. The molecule has 1 amide bonds. The Labute approximate surface area is 116 Å². The Morgan fingerprint density at radius 1 is 1.30 bits per heavy atom. The third-order valence-corrected chi connectivity index (χ3v) is 2.21. The summed E-state index contributed by atoms with van der Waals surface area (Å²) >= 11 is 0. The van der Waals surface area contributed by atoms with E-state index in [4.69, 9.17) is 15.2 Å². The molecule has 0 aliphatic rings. The molecular formula is C14H18FNO4. The molecule has 0 atom stereocenters. The third-order valence-electron chi connectivity index (χ3n) is 2.21. The van der Waals surface area contributed by atoms with Crippen LogP contribution in [0.3, 0.4) is 0 Å². The summed E-state index contributed by atoms with van der Waals surface area (Å²) in [5, 5.41) is 0. The van der Waals surface area contributed by atoms with Gasteiger partial charge in [-0.25, -0.2) is 4.39 Å². The molecule has 0 bridgehead atoms. The zero-order valence-corrected chi connectivity index (χ0v) is 11.7. The highest BCUT2D eigenvalue weighted by Gasteiger charge is 2.18. The van der Waals surface area contributed by atoms with Crippen LogP contribution in [-0.4, -0.2) is 24.1 Å². The van der Waals surface area contributed by atoms with Crippen LogP contribution in [0.5, 0.6) is 5.75 Å². The van der Waals surface area contributed by atoms with Gasteiger partial charge in [0.05, 0.1) is 13.0 Å². The molecule has 0 aliphatic carbocycles. The standard InChI is InChI=1S/C14H18FNO4/c1-14(2,3)20-11(17)7-8-19-10-6-4-5-9(15)12(10)13(16)18/h4-6H,7-8H2,1-3H3,(H2,16,18). The van der Waals surface area contributed by atoms with Crippen molar-refractivity contribution >= 4 is 11.9 Å². The van der Waals surface area contributed by atoms with Gasteiger partial charge >= 0.3 is 5.97 Å². The Hall–Kier alpha value is -2.11. The van der Waals surface area contributed by atoms with E-state index in [1.165, 1.54) is 12.1 Å². The van der Waals surface area contributed by atoms with E-state index in [0.29, 0.717) is 0 Å². The fourth-order valence-electron chi connectivity index (χ4n) is 1.50. The molecule has 0 unspecified atom stereocenters. The van der Waals surface area contributed by atoms with E-state index in [-0.39, 0.29) is 24.3 Å². The molecule has 5 nitrogen and oxygen atoms in total. The monoisotopic (exact) mass is 283 g/mol. The summed E-state index contributed by atoms with van der Waals surface area (Å²) in [5.74, 6) is -2.10. The van der Waals surface area contributed by atoms with Gasteiger partial charge in [0.2, 0.25) is 0 Å². The van der Waals surface area contributed by atoms with Crippen LogP contribution in [0.4, 0.5) is 4.39 Å². The first-order valence-corrected chi connectivity index (χ1v) is 6.13. The molecule has 1 rings (SSSR count). The second-order valence-corrected chi connectivity index (χ2v) is 5.16. The molecule has 2 N–H and O–H groups in total. The molecule has 0 aliphatic heterocycles. The summed E-state index contributed by atoms with van der Waals surface area (Å²) in [5.41, 5.74) is 4.18. The molecular weight excluding hydrogens is 265 g/mol. The van der Waals surface area contributed by atoms with E-state index in [2.05, 4.69) is 0 Å². The molecule has 0 radical (unpaired) electrons. The number of nitrogens with two attached hydrogens (primary N) is 1. The number of hydrogen-bond donors (Lipinski definition) is 1. The number of esters is 1. The summed E-state index contributed by atoms with van der Waals surface area (Å²) in [6.07, 6.45) is -0.00795. The van der Waals surface area contributed by atoms with Crippen LogP contribution in [0.25, 0.3) is 0 Å². The van der Waals surface area contributed by atoms with Crippen LogP contribution in [0, 0.1) is 5.82 Å². The van der Waals surface area contributed by atoms with Gasteiger partial charge in [-0.15, -0.1) is 0 Å². The summed E-state index contributed by atoms with van der Waals surface area (Å²) in [6, 6.07) is 3.92. The van der Waals surface area contributed by atoms with E-state index in [1.807, 2.05) is 0 Å². The van der Waals surface area contributed by atoms with E-state index in [9.17, 15) is 14.0 Å². The van der Waals surface area contributed by atoms with Gasteiger partial charge in [-0.05, 0) is 32.9 Å². The third kappa shape index (κ3) is 4.87. The van der Waals surface area contributed by atoms with Crippen LogP contribution in [0.2, 0.25) is 0 Å². The Morgan fingerprint density at radius 3 is 2.50 bits per heavy atom. The lowest BCUT2D eigenvalue weighted by Gasteiger charge is -2.19. The maximum atomic E-state index is 13.4. The fourth-order valence-corrected chi connectivity index (χ4v) is 1.50. The number of halogens is 1. The van der Waals surface area contributed by atoms with Gasteiger partial charge in [-0.3, -0.25) is 9.59 Å². The Bertz CT molecular complexity index is 508. The normalized spacial score (nSPS) is 11.0. The average molecular weight is 283 g/mol. The SMILES string of the molecule is CC(C)(C)OC(=O)CCOc1cccc(F)c1C(N)=O. The number of primary amides is 1. The molecule has 6 heteroatoms. The number of ether oxygens (including phenoxy) is 2. The van der Waals surface area contributed by atoms with Crippen LogP contribution in [-0.2, 0) is 9.53 Å². The van der Waals surface area contributed by atoms with Gasteiger partial charge in [-0.2, -0.15) is 0 Å². The largest absolute Gasteiger partial charge is 0.492 e. The van der Waals surface area contributed by atoms with E-state index >= 15 is 0 Å². The zero-order chi connectivity index (χ0) is 15.3. The van der Waals surface area contributed by atoms with Crippen molar-refractivity contribution < 1.29 is 23.5 Å². The van der Waals surface area contributed by atoms with Crippen molar-refractivity contribution in [3.8, 4) is 5.75 Å². The minimum atomic E-state index is -0.921. The van der Waals surface area contributed by atoms with Gasteiger partial charge in [0.15, 0.2) is 0 Å². The minimum Gasteiger partial charge on any atom is -0.492 e. The van der Waals surface area contributed by atoms with Gasteiger partial charge in [0, 0.05) is 0 Å². The molecule has 1 aromatic rings. The number of hydrogen-bond acceptors (Lipinski definition) is 4. The Morgan fingerprint density at radius 2 is 1.95 bits per heavy atom. The van der Waals surface area contributed by atoms with Crippen LogP contribution in [0.15, 0.2) is 18.2 Å². The summed E-state index contributed by atoms with van der Waals surface area (Å²) in [6.45, 7) is 5.23. The van der Waals surface area contributed by atoms with E-state index in [0.717, 1.165) is 6.07 Å². The predicted molar refractivity (Wildman–Crippen MR) is 70.9 cm³/mol. The molecule has 0 aromatic heterocycles. The number of carbonyl (C=O) groups excluding carboxylic acids is 2. The van der Waals surface area contributed by atoms with Crippen molar-refractivity contribution in [2.75, 3.05) is 6.61 Å². The molecule has 1 aromatic carbocycles. The van der Waals surface area contributed by atoms with Gasteiger partial charge in [-0.1, -0.05) is 6.07 Å². The predicted octanol–water partition coefficient (Wildman–Crippen LogP) is 2.04. The lowest BCUT2D eigenvalue weighted by atomic mass is 10.2. The Kier molecular flexibility index (Phi) is 5.07. The highest BCUT2D eigenvalue weighted by molar-refractivity contribution is 5.95. The molecule has 0 spiro atoms. The highest BCUT2D eigenvalue weighted by Crippen LogP contribution is 2.21. The van der Waals surface area contributed by atoms with Gasteiger partial charge < -0.3 is 15.2 Å². The number of rotatable bonds is 5. The number of benzene rings is 1. The maximum Gasteiger partial charge on any atom is 0.309 e. The summed E-state index contributed by atoms with van der Waals surface area (Å²) in [4.78, 5) is 22.6. The molecule has 20 heavy (non-hydrogen) atoms. The molecule has 0 heterocycles. The second-order valence-electron chi connectivity index (χ2n) is 5.16. The molecule has 0 fully saturated rings. The first kappa shape index (κ1) is 15.9. The molecule has 0 saturated carbocycles. The fraction of sp³-hybridized carbons (Fsp3) is 0.429. The van der Waals surface area contributed by atoms with Crippen molar-refractivity contribution in [1.29, 1.82) is 0 Å². The second kappa shape index (κ2) is 6.36. The summed E-state index contributed by atoms with van der Waals surface area (Å²) in [7, 11) is 0. The van der Waals surface area contributed by atoms with E-state index < -0.39 is 23.3 Å². The lowest BCUT2D eigenvalue weighted by Crippen LogP contribution is -2.25. The van der Waals surface area contributed by atoms with Crippen molar-refractivity contribution in [2.45, 2.75) is 32.8 Å². The van der Waals surface area contributed by atoms with Gasteiger partial charge in [0.1, 0.15) is 22.7 Å². The van der Waals surface area contributed by atoms with Crippen LogP contribution < -0.4 is 10.5 Å². The lowest BCUT2D eigenvalue weighted by molar-refractivity contribution is -0.155. The number of amides is 1. The topological polar surface area (TPSA) is 78.6 Å².